The van der Waals surface area contributed by atoms with Crippen LogP contribution in [0.5, 0.6) is 5.75 Å². The van der Waals surface area contributed by atoms with Crippen molar-refractivity contribution in [3.63, 3.8) is 0 Å². The maximum Gasteiger partial charge on any atom is 0.132 e. The Morgan fingerprint density at radius 2 is 2.25 bits per heavy atom. The van der Waals surface area contributed by atoms with Crippen molar-refractivity contribution in [1.29, 1.82) is 0 Å². The number of ether oxygens (including phenoxy) is 1. The van der Waals surface area contributed by atoms with E-state index in [1.165, 1.54) is 11.1 Å². The molecule has 20 heavy (non-hydrogen) atoms. The lowest BCUT2D eigenvalue weighted by atomic mass is 10.1. The van der Waals surface area contributed by atoms with Gasteiger partial charge < -0.3 is 10.5 Å². The van der Waals surface area contributed by atoms with Gasteiger partial charge in [0.2, 0.25) is 0 Å². The second-order valence-electron chi connectivity index (χ2n) is 5.68. The predicted molar refractivity (Wildman–Crippen MR) is 78.6 cm³/mol. The largest absolute Gasteiger partial charge is 0.487 e. The minimum atomic E-state index is 0.195. The zero-order valence-electron chi connectivity index (χ0n) is 12.0. The molecule has 3 rings (SSSR count). The molecule has 0 radical (unpaired) electrons. The van der Waals surface area contributed by atoms with Crippen molar-refractivity contribution in [2.75, 3.05) is 0 Å². The molecule has 106 valence electrons. The first-order chi connectivity index (χ1) is 9.63. The predicted octanol–water partition coefficient (Wildman–Crippen LogP) is 2.99. The maximum atomic E-state index is 6.04. The Labute approximate surface area is 119 Å². The van der Waals surface area contributed by atoms with Gasteiger partial charge in [0.1, 0.15) is 12.4 Å². The summed E-state index contributed by atoms with van der Waals surface area (Å²) in [6, 6.07) is 8.79. The van der Waals surface area contributed by atoms with Gasteiger partial charge in [0, 0.05) is 18.3 Å². The van der Waals surface area contributed by atoms with E-state index in [-0.39, 0.29) is 6.04 Å². The van der Waals surface area contributed by atoms with E-state index in [0.29, 0.717) is 12.6 Å². The molecule has 0 amide bonds. The van der Waals surface area contributed by atoms with Gasteiger partial charge >= 0.3 is 0 Å². The lowest BCUT2D eigenvalue weighted by molar-refractivity contribution is 0.298. The molecular weight excluding hydrogens is 250 g/mol. The normalized spacial score (nSPS) is 17.5. The molecule has 1 atom stereocenters. The van der Waals surface area contributed by atoms with Gasteiger partial charge in [-0.05, 0) is 56.0 Å². The minimum absolute atomic E-state index is 0.195. The van der Waals surface area contributed by atoms with Gasteiger partial charge in [0.05, 0.1) is 5.69 Å². The second-order valence-corrected chi connectivity index (χ2v) is 5.68. The molecule has 2 N–H and O–H groups in total. The summed E-state index contributed by atoms with van der Waals surface area (Å²) in [4.78, 5) is 0. The van der Waals surface area contributed by atoms with Crippen LogP contribution in [0.15, 0.2) is 30.5 Å². The summed E-state index contributed by atoms with van der Waals surface area (Å²) in [5.41, 5.74) is 9.58. The van der Waals surface area contributed by atoms with Gasteiger partial charge in [-0.3, -0.25) is 4.68 Å². The summed E-state index contributed by atoms with van der Waals surface area (Å²) in [6.07, 6.45) is 4.08. The quantitative estimate of drug-likeness (QED) is 0.930. The summed E-state index contributed by atoms with van der Waals surface area (Å²) in [7, 11) is 0. The Hall–Kier alpha value is -1.81. The topological polar surface area (TPSA) is 53.1 Å². The van der Waals surface area contributed by atoms with Crippen molar-refractivity contribution in [1.82, 2.24) is 9.78 Å². The molecule has 0 fully saturated rings. The lowest BCUT2D eigenvalue weighted by Crippen LogP contribution is -2.05. The van der Waals surface area contributed by atoms with E-state index in [0.717, 1.165) is 24.3 Å². The molecule has 0 saturated heterocycles. The number of aromatic nitrogens is 2. The van der Waals surface area contributed by atoms with E-state index >= 15 is 0 Å². The smallest absolute Gasteiger partial charge is 0.132 e. The zero-order chi connectivity index (χ0) is 14.1. The number of fused-ring (bicyclic) bond motifs is 1. The third-order valence-corrected chi connectivity index (χ3v) is 3.82. The minimum Gasteiger partial charge on any atom is -0.487 e. The average Bonchev–Trinajstić information content (AvgIpc) is 3.04. The number of hydrogen-bond acceptors (Lipinski definition) is 3. The summed E-state index contributed by atoms with van der Waals surface area (Å²) < 4.78 is 7.77. The summed E-state index contributed by atoms with van der Waals surface area (Å²) >= 11 is 0. The first-order valence-corrected chi connectivity index (χ1v) is 7.18. The van der Waals surface area contributed by atoms with Crippen molar-refractivity contribution in [3.8, 4) is 5.75 Å². The fraction of sp³-hybridized carbons (Fsp3) is 0.438. The Kier molecular flexibility index (Phi) is 3.49. The second kappa shape index (κ2) is 5.29. The number of nitrogens with zero attached hydrogens (tertiary/aromatic N) is 2. The summed E-state index contributed by atoms with van der Waals surface area (Å²) in [5, 5.41) is 4.48. The SMILES string of the molecule is CC(C)n1ccc(COc2ccc3c(c2)CC[C@H]3N)n1. The maximum absolute atomic E-state index is 6.04. The van der Waals surface area contributed by atoms with Crippen molar-refractivity contribution in [3.05, 3.63) is 47.3 Å². The highest BCUT2D eigenvalue weighted by Crippen LogP contribution is 2.31. The van der Waals surface area contributed by atoms with Crippen molar-refractivity contribution in [2.24, 2.45) is 5.73 Å². The highest BCUT2D eigenvalue weighted by Gasteiger charge is 2.19. The van der Waals surface area contributed by atoms with Crippen molar-refractivity contribution >= 4 is 0 Å². The van der Waals surface area contributed by atoms with Crippen LogP contribution in [0.25, 0.3) is 0 Å². The lowest BCUT2D eigenvalue weighted by Gasteiger charge is -2.08. The number of benzene rings is 1. The van der Waals surface area contributed by atoms with Crippen LogP contribution in [0.3, 0.4) is 0 Å². The van der Waals surface area contributed by atoms with Gasteiger partial charge in [-0.1, -0.05) is 6.07 Å². The molecular formula is C16H21N3O. The van der Waals surface area contributed by atoms with Gasteiger partial charge in [-0.25, -0.2) is 0 Å². The molecule has 4 heteroatoms. The Morgan fingerprint density at radius 3 is 3.00 bits per heavy atom. The van der Waals surface area contributed by atoms with Crippen LogP contribution in [-0.2, 0) is 13.0 Å². The average molecular weight is 271 g/mol. The first kappa shape index (κ1) is 13.2. The van der Waals surface area contributed by atoms with Crippen molar-refractivity contribution in [2.45, 2.75) is 45.4 Å². The van der Waals surface area contributed by atoms with Gasteiger partial charge in [-0.2, -0.15) is 5.10 Å². The molecule has 0 aliphatic heterocycles. The Morgan fingerprint density at radius 1 is 1.40 bits per heavy atom. The van der Waals surface area contributed by atoms with Gasteiger partial charge in [0.25, 0.3) is 0 Å². The van der Waals surface area contributed by atoms with Gasteiger partial charge in [0.15, 0.2) is 0 Å². The monoisotopic (exact) mass is 271 g/mol. The number of aryl methyl sites for hydroxylation is 1. The summed E-state index contributed by atoms with van der Waals surface area (Å²) in [6.45, 7) is 4.73. The van der Waals surface area contributed by atoms with E-state index in [9.17, 15) is 0 Å². The van der Waals surface area contributed by atoms with Gasteiger partial charge in [-0.15, -0.1) is 0 Å². The molecule has 1 aliphatic carbocycles. The molecule has 4 nitrogen and oxygen atoms in total. The molecule has 0 bridgehead atoms. The number of nitrogens with two attached hydrogens (primary N) is 1. The molecule has 1 heterocycles. The molecule has 1 aliphatic rings. The highest BCUT2D eigenvalue weighted by molar-refractivity contribution is 5.40. The number of hydrogen-bond donors (Lipinski definition) is 1. The van der Waals surface area contributed by atoms with Crippen LogP contribution in [0.2, 0.25) is 0 Å². The van der Waals surface area contributed by atoms with E-state index < -0.39 is 0 Å². The fourth-order valence-corrected chi connectivity index (χ4v) is 2.62. The number of rotatable bonds is 4. The zero-order valence-corrected chi connectivity index (χ0v) is 12.0. The van der Waals surface area contributed by atoms with Crippen LogP contribution in [-0.4, -0.2) is 9.78 Å². The molecule has 0 saturated carbocycles. The van der Waals surface area contributed by atoms with E-state index in [2.05, 4.69) is 31.1 Å². The van der Waals surface area contributed by atoms with Crippen LogP contribution in [0.1, 0.15) is 49.2 Å². The molecule has 1 aromatic heterocycles. The standard InChI is InChI=1S/C16H21N3O/c1-11(2)19-8-7-13(18-19)10-20-14-4-5-15-12(9-14)3-6-16(15)17/h4-5,7-9,11,16H,3,6,10,17H2,1-2H3/t16-/m1/s1. The molecule has 0 spiro atoms. The Balaban J connectivity index is 1.66. The Bertz CT molecular complexity index is 604. The third-order valence-electron chi connectivity index (χ3n) is 3.82. The van der Waals surface area contributed by atoms with E-state index in [1.807, 2.05) is 23.0 Å². The fourth-order valence-electron chi connectivity index (χ4n) is 2.62. The van der Waals surface area contributed by atoms with Crippen LogP contribution in [0, 0.1) is 0 Å². The summed E-state index contributed by atoms with van der Waals surface area (Å²) in [5.74, 6) is 0.900. The van der Waals surface area contributed by atoms with Crippen molar-refractivity contribution < 1.29 is 4.74 Å². The molecule has 2 aromatic rings. The highest BCUT2D eigenvalue weighted by atomic mass is 16.5. The third kappa shape index (κ3) is 2.56. The van der Waals surface area contributed by atoms with Crippen LogP contribution in [0.4, 0.5) is 0 Å². The molecule has 0 unspecified atom stereocenters. The van der Waals surface area contributed by atoms with E-state index in [1.54, 1.807) is 0 Å². The van der Waals surface area contributed by atoms with Crippen LogP contribution < -0.4 is 10.5 Å². The molecule has 1 aromatic carbocycles. The first-order valence-electron chi connectivity index (χ1n) is 7.18. The van der Waals surface area contributed by atoms with E-state index in [4.69, 9.17) is 10.5 Å². The van der Waals surface area contributed by atoms with Crippen LogP contribution >= 0.6 is 0 Å².